The molecule has 2 aromatic rings. The largest absolute Gasteiger partial charge is 0.361 e. The minimum absolute atomic E-state index is 0.341. The lowest BCUT2D eigenvalue weighted by Gasteiger charge is -2.39. The predicted molar refractivity (Wildman–Crippen MR) is 91.1 cm³/mol. The van der Waals surface area contributed by atoms with Crippen molar-refractivity contribution in [3.05, 3.63) is 36.0 Å². The molecule has 3 heteroatoms. The molecule has 0 radical (unpaired) electrons. The van der Waals surface area contributed by atoms with Gasteiger partial charge in [-0.15, -0.1) is 0 Å². The zero-order valence-corrected chi connectivity index (χ0v) is 13.5. The van der Waals surface area contributed by atoms with E-state index < -0.39 is 0 Å². The van der Waals surface area contributed by atoms with E-state index in [-0.39, 0.29) is 0 Å². The Hall–Kier alpha value is -1.77. The molecule has 3 heterocycles. The number of rotatable bonds is 2. The van der Waals surface area contributed by atoms with Gasteiger partial charge < -0.3 is 9.88 Å². The molecule has 2 saturated carbocycles. The van der Waals surface area contributed by atoms with Gasteiger partial charge in [0, 0.05) is 29.7 Å². The SMILES string of the molecule is O=C(Cc1c[nH]c2ccccc12)N1CC2CC3CC(C2)CC1C3. The van der Waals surface area contributed by atoms with Gasteiger partial charge >= 0.3 is 0 Å². The van der Waals surface area contributed by atoms with Gasteiger partial charge in [-0.25, -0.2) is 0 Å². The molecular formula is C20H24N2O. The Kier molecular flexibility index (Phi) is 3.04. The van der Waals surface area contributed by atoms with Crippen LogP contribution in [-0.4, -0.2) is 28.4 Å². The molecule has 1 N–H and O–H groups in total. The molecule has 1 aromatic heterocycles. The van der Waals surface area contributed by atoms with Crippen molar-refractivity contribution in [3.8, 4) is 0 Å². The number of nitrogens with zero attached hydrogens (tertiary/aromatic N) is 1. The molecule has 120 valence electrons. The van der Waals surface area contributed by atoms with Gasteiger partial charge in [-0.1, -0.05) is 18.2 Å². The Morgan fingerprint density at radius 2 is 1.78 bits per heavy atom. The number of para-hydroxylation sites is 1. The summed E-state index contributed by atoms with van der Waals surface area (Å²) >= 11 is 0. The van der Waals surface area contributed by atoms with Crippen LogP contribution in [0.3, 0.4) is 0 Å². The van der Waals surface area contributed by atoms with Crippen molar-refractivity contribution < 1.29 is 4.79 Å². The standard InChI is InChI=1S/C20H24N2O/c23-20(10-16-11-21-19-4-2-1-3-18(16)19)22-12-15-6-13-5-14(7-15)9-17(22)8-13/h1-4,11,13-15,17,21H,5-10,12H2. The van der Waals surface area contributed by atoms with Crippen LogP contribution in [0.1, 0.15) is 37.7 Å². The third-order valence-corrected chi connectivity index (χ3v) is 6.44. The van der Waals surface area contributed by atoms with E-state index in [1.807, 2.05) is 12.3 Å². The molecule has 4 fully saturated rings. The number of aromatic nitrogens is 1. The zero-order chi connectivity index (χ0) is 15.4. The summed E-state index contributed by atoms with van der Waals surface area (Å²) in [5.74, 6) is 2.89. The van der Waals surface area contributed by atoms with Crippen LogP contribution in [0.4, 0.5) is 0 Å². The number of amides is 1. The fourth-order valence-electron chi connectivity index (χ4n) is 5.63. The first-order valence-electron chi connectivity index (χ1n) is 9.10. The summed E-state index contributed by atoms with van der Waals surface area (Å²) in [5.41, 5.74) is 2.28. The molecule has 2 aliphatic carbocycles. The van der Waals surface area contributed by atoms with Crippen molar-refractivity contribution in [1.29, 1.82) is 0 Å². The summed E-state index contributed by atoms with van der Waals surface area (Å²) in [6.45, 7) is 1.01. The second-order valence-corrected chi connectivity index (χ2v) is 8.01. The summed E-state index contributed by atoms with van der Waals surface area (Å²) in [6, 6.07) is 8.80. The van der Waals surface area contributed by atoms with Gasteiger partial charge in [-0.05, 0) is 61.5 Å². The van der Waals surface area contributed by atoms with Crippen LogP contribution in [0.25, 0.3) is 10.9 Å². The molecule has 1 amide bonds. The van der Waals surface area contributed by atoms with Gasteiger partial charge in [-0.3, -0.25) is 4.79 Å². The van der Waals surface area contributed by atoms with E-state index in [0.29, 0.717) is 18.4 Å². The molecule has 2 atom stereocenters. The predicted octanol–water partition coefficient (Wildman–Crippen LogP) is 3.75. The lowest BCUT2D eigenvalue weighted by atomic mass is 9.68. The van der Waals surface area contributed by atoms with Crippen molar-refractivity contribution in [3.63, 3.8) is 0 Å². The molecule has 2 unspecified atom stereocenters. The van der Waals surface area contributed by atoms with Crippen molar-refractivity contribution in [2.75, 3.05) is 6.54 Å². The minimum Gasteiger partial charge on any atom is -0.361 e. The number of carbonyl (C=O) groups is 1. The molecule has 1 aromatic carbocycles. The molecular weight excluding hydrogens is 284 g/mol. The highest BCUT2D eigenvalue weighted by atomic mass is 16.2. The third kappa shape index (κ3) is 2.29. The van der Waals surface area contributed by atoms with Crippen molar-refractivity contribution >= 4 is 16.8 Å². The molecule has 3 nitrogen and oxygen atoms in total. The molecule has 2 aliphatic heterocycles. The number of benzene rings is 1. The first-order valence-corrected chi connectivity index (χ1v) is 9.10. The van der Waals surface area contributed by atoms with E-state index in [1.165, 1.54) is 37.5 Å². The van der Waals surface area contributed by atoms with Crippen molar-refractivity contribution in [2.24, 2.45) is 17.8 Å². The second kappa shape index (κ2) is 5.12. The number of aromatic amines is 1. The van der Waals surface area contributed by atoms with Crippen LogP contribution < -0.4 is 0 Å². The lowest BCUT2D eigenvalue weighted by Crippen LogP contribution is -2.42. The van der Waals surface area contributed by atoms with E-state index in [2.05, 4.69) is 28.1 Å². The van der Waals surface area contributed by atoms with Gasteiger partial charge in [0.2, 0.25) is 5.91 Å². The smallest absolute Gasteiger partial charge is 0.227 e. The van der Waals surface area contributed by atoms with Crippen molar-refractivity contribution in [2.45, 2.75) is 44.6 Å². The quantitative estimate of drug-likeness (QED) is 0.901. The Balaban J connectivity index is 1.40. The number of carbonyl (C=O) groups excluding carboxylic acids is 1. The Bertz CT molecular complexity index is 735. The fraction of sp³-hybridized carbons (Fsp3) is 0.550. The van der Waals surface area contributed by atoms with Crippen molar-refractivity contribution in [1.82, 2.24) is 9.88 Å². The number of nitrogens with one attached hydrogen (secondary N) is 1. The maximum Gasteiger partial charge on any atom is 0.227 e. The summed E-state index contributed by atoms with van der Waals surface area (Å²) in [7, 11) is 0. The maximum absolute atomic E-state index is 13.0. The van der Waals surface area contributed by atoms with Gasteiger partial charge in [0.1, 0.15) is 0 Å². The first kappa shape index (κ1) is 13.6. The highest BCUT2D eigenvalue weighted by Crippen LogP contribution is 2.47. The highest BCUT2D eigenvalue weighted by molar-refractivity contribution is 5.89. The molecule has 23 heavy (non-hydrogen) atoms. The average molecular weight is 308 g/mol. The topological polar surface area (TPSA) is 36.1 Å². The van der Waals surface area contributed by atoms with Crippen LogP contribution in [0.5, 0.6) is 0 Å². The molecule has 4 bridgehead atoms. The van der Waals surface area contributed by atoms with Gasteiger partial charge in [0.05, 0.1) is 6.42 Å². The number of hydrogen-bond acceptors (Lipinski definition) is 1. The molecule has 4 aliphatic rings. The number of fused-ring (bicyclic) bond motifs is 2. The van der Waals surface area contributed by atoms with Crippen LogP contribution in [0.15, 0.2) is 30.5 Å². The first-order chi connectivity index (χ1) is 11.3. The summed E-state index contributed by atoms with van der Waals surface area (Å²) < 4.78 is 0. The minimum atomic E-state index is 0.341. The summed E-state index contributed by atoms with van der Waals surface area (Å²) in [5, 5.41) is 1.20. The Labute approximate surface area is 137 Å². The van der Waals surface area contributed by atoms with E-state index in [9.17, 15) is 4.79 Å². The highest BCUT2D eigenvalue weighted by Gasteiger charge is 2.43. The molecule has 0 spiro atoms. The van der Waals surface area contributed by atoms with Crippen LogP contribution in [0, 0.1) is 17.8 Å². The van der Waals surface area contributed by atoms with E-state index >= 15 is 0 Å². The number of H-pyrrole nitrogens is 1. The van der Waals surface area contributed by atoms with Gasteiger partial charge in [-0.2, -0.15) is 0 Å². The zero-order valence-electron chi connectivity index (χ0n) is 13.5. The normalized spacial score (nSPS) is 32.4. The summed E-state index contributed by atoms with van der Waals surface area (Å²) in [6.07, 6.45) is 9.23. The second-order valence-electron chi connectivity index (χ2n) is 8.01. The molecule has 6 rings (SSSR count). The van der Waals surface area contributed by atoms with Crippen LogP contribution in [-0.2, 0) is 11.2 Å². The van der Waals surface area contributed by atoms with E-state index in [4.69, 9.17) is 0 Å². The van der Waals surface area contributed by atoms with Crippen LogP contribution in [0.2, 0.25) is 0 Å². The monoisotopic (exact) mass is 308 g/mol. The maximum atomic E-state index is 13.0. The summed E-state index contributed by atoms with van der Waals surface area (Å²) in [4.78, 5) is 18.6. The van der Waals surface area contributed by atoms with E-state index in [0.717, 1.165) is 35.4 Å². The average Bonchev–Trinajstić information content (AvgIpc) is 2.84. The Morgan fingerprint density at radius 1 is 1.04 bits per heavy atom. The Morgan fingerprint density at radius 3 is 2.61 bits per heavy atom. The third-order valence-electron chi connectivity index (χ3n) is 6.44. The van der Waals surface area contributed by atoms with Crippen LogP contribution >= 0.6 is 0 Å². The lowest BCUT2D eigenvalue weighted by molar-refractivity contribution is -0.133. The number of hydrogen-bond donors (Lipinski definition) is 1. The van der Waals surface area contributed by atoms with Gasteiger partial charge in [0.15, 0.2) is 0 Å². The fourth-order valence-corrected chi connectivity index (χ4v) is 5.63. The van der Waals surface area contributed by atoms with E-state index in [1.54, 1.807) is 0 Å². The molecule has 2 saturated heterocycles. The van der Waals surface area contributed by atoms with Gasteiger partial charge in [0.25, 0.3) is 0 Å².